The summed E-state index contributed by atoms with van der Waals surface area (Å²) in [6.07, 6.45) is 5.71. The Morgan fingerprint density at radius 2 is 1.14 bits per heavy atom. The van der Waals surface area contributed by atoms with Crippen LogP contribution in [0.15, 0.2) is 90.0 Å². The van der Waals surface area contributed by atoms with Crippen molar-refractivity contribution in [3.63, 3.8) is 0 Å². The summed E-state index contributed by atoms with van der Waals surface area (Å²) in [5.41, 5.74) is 7.68. The molecule has 0 fully saturated rings. The maximum atomic E-state index is 3.40. The molecule has 0 saturated carbocycles. The van der Waals surface area contributed by atoms with Crippen molar-refractivity contribution in [1.82, 2.24) is 0 Å². The summed E-state index contributed by atoms with van der Waals surface area (Å²) in [7, 11) is 0. The van der Waals surface area contributed by atoms with Crippen LogP contribution in [-0.4, -0.2) is 3.21 Å². The molecule has 43 heavy (non-hydrogen) atoms. The first-order valence-electron chi connectivity index (χ1n) is 15.0. The van der Waals surface area contributed by atoms with E-state index in [0.717, 1.165) is 0 Å². The Labute approximate surface area is 290 Å². The summed E-state index contributed by atoms with van der Waals surface area (Å²) < 4.78 is 1.46. The minimum atomic E-state index is 0. The molecule has 4 aromatic rings. The third-order valence-corrected chi connectivity index (χ3v) is 8.43. The standard InChI is InChI=1S/C21H25.C11H17.C8H8.2ClH.Zr/c1-20(2,3)16-7-9-18-14(12-16)11-15-13-17(21(4,5)6)8-10-19(15)18;1-8-6-9(2)10(7-8)11(3,4)5;1-2-8-6-4-3-5-7-8;;;/h7-13H,1-6H3;7-8H,1-5H3;3-7H,1H3;2*1H;/q2*-1;;;;+2/p-2. The average Bonchev–Trinajstić information content (AvgIpc) is 3.42. The summed E-state index contributed by atoms with van der Waals surface area (Å²) in [6, 6.07) is 26.7. The van der Waals surface area contributed by atoms with Crippen molar-refractivity contribution in [2.24, 2.45) is 11.3 Å². The van der Waals surface area contributed by atoms with Crippen molar-refractivity contribution in [1.29, 1.82) is 0 Å². The summed E-state index contributed by atoms with van der Waals surface area (Å²) in [5.74, 6) is 0.518. The van der Waals surface area contributed by atoms with E-state index in [4.69, 9.17) is 0 Å². The van der Waals surface area contributed by atoms with Gasteiger partial charge in [-0.2, -0.15) is 11.6 Å². The van der Waals surface area contributed by atoms with Crippen LogP contribution in [-0.2, 0) is 35.1 Å². The second-order valence-corrected chi connectivity index (χ2v) is 16.5. The third-order valence-electron chi connectivity index (χ3n) is 7.72. The number of benzene rings is 3. The van der Waals surface area contributed by atoms with Crippen LogP contribution in [0, 0.1) is 17.4 Å². The smallest absolute Gasteiger partial charge is 1.00 e. The minimum absolute atomic E-state index is 0. The van der Waals surface area contributed by atoms with Gasteiger partial charge in [0.05, 0.1) is 0 Å². The van der Waals surface area contributed by atoms with E-state index in [-0.39, 0.29) is 35.6 Å². The zero-order valence-electron chi connectivity index (χ0n) is 28.3. The summed E-state index contributed by atoms with van der Waals surface area (Å²) in [4.78, 5) is 0. The largest absolute Gasteiger partial charge is 1.00 e. The van der Waals surface area contributed by atoms with Crippen LogP contribution in [0.4, 0.5) is 0 Å². The van der Waals surface area contributed by atoms with E-state index in [2.05, 4.69) is 162 Å². The van der Waals surface area contributed by atoms with Crippen LogP contribution in [0.3, 0.4) is 0 Å². The Morgan fingerprint density at radius 1 is 0.698 bits per heavy atom. The van der Waals surface area contributed by atoms with E-state index in [9.17, 15) is 0 Å². The fourth-order valence-corrected chi connectivity index (χ4v) is 5.70. The molecular weight excluding hydrogens is 643 g/mol. The Kier molecular flexibility index (Phi) is 14.2. The van der Waals surface area contributed by atoms with E-state index in [1.807, 2.05) is 6.07 Å². The van der Waals surface area contributed by atoms with Gasteiger partial charge in [-0.3, -0.25) is 6.08 Å². The molecular formula is C40H50Cl2Zr-2. The molecule has 4 aromatic carbocycles. The van der Waals surface area contributed by atoms with Crippen LogP contribution in [0.1, 0.15) is 99.8 Å². The van der Waals surface area contributed by atoms with Gasteiger partial charge in [-0.25, -0.2) is 5.57 Å². The minimum Gasteiger partial charge on any atom is -1.00 e. The van der Waals surface area contributed by atoms with Gasteiger partial charge >= 0.3 is 70.3 Å². The van der Waals surface area contributed by atoms with Gasteiger partial charge in [0.25, 0.3) is 0 Å². The van der Waals surface area contributed by atoms with Crippen molar-refractivity contribution >= 4 is 24.8 Å². The van der Waals surface area contributed by atoms with Crippen LogP contribution >= 0.6 is 0 Å². The van der Waals surface area contributed by atoms with Crippen LogP contribution in [0.5, 0.6) is 0 Å². The molecule has 1 aliphatic carbocycles. The van der Waals surface area contributed by atoms with Crippen molar-refractivity contribution in [2.75, 3.05) is 0 Å². The van der Waals surface area contributed by atoms with Crippen molar-refractivity contribution in [2.45, 2.75) is 93.9 Å². The molecule has 0 aliphatic heterocycles. The Balaban J connectivity index is 0.000000356. The molecule has 1 atom stereocenters. The van der Waals surface area contributed by atoms with Gasteiger partial charge in [0.2, 0.25) is 0 Å². The van der Waals surface area contributed by atoms with Crippen LogP contribution in [0.2, 0.25) is 0 Å². The van der Waals surface area contributed by atoms with Crippen molar-refractivity contribution in [3.05, 3.63) is 113 Å². The molecule has 0 heterocycles. The quantitative estimate of drug-likeness (QED) is 0.233. The molecule has 0 spiro atoms. The zero-order chi connectivity index (χ0) is 30.8. The van der Waals surface area contributed by atoms with Crippen molar-refractivity contribution in [3.8, 4) is 0 Å². The molecule has 0 N–H and O–H groups in total. The number of allylic oxidation sites excluding steroid dienone is 4. The van der Waals surface area contributed by atoms with Gasteiger partial charge in [-0.05, 0) is 10.8 Å². The van der Waals surface area contributed by atoms with Gasteiger partial charge in [0.1, 0.15) is 0 Å². The van der Waals surface area contributed by atoms with Crippen molar-refractivity contribution < 1.29 is 49.0 Å². The van der Waals surface area contributed by atoms with E-state index in [1.54, 1.807) is 0 Å². The summed E-state index contributed by atoms with van der Waals surface area (Å²) in [6.45, 7) is 26.9. The predicted molar refractivity (Wildman–Crippen MR) is 180 cm³/mol. The molecule has 0 radical (unpaired) electrons. The fourth-order valence-electron chi connectivity index (χ4n) is 5.29. The number of halogens is 2. The Bertz CT molecular complexity index is 1490. The fraction of sp³-hybridized carbons (Fsp3) is 0.400. The number of rotatable bonds is 1. The predicted octanol–water partition coefficient (Wildman–Crippen LogP) is 5.45. The molecule has 0 nitrogen and oxygen atoms in total. The molecule has 0 bridgehead atoms. The molecule has 3 heteroatoms. The molecule has 0 aromatic heterocycles. The maximum absolute atomic E-state index is 3.40. The van der Waals surface area contributed by atoms with Gasteiger partial charge in [0, 0.05) is 0 Å². The molecule has 0 amide bonds. The molecule has 5 rings (SSSR count). The van der Waals surface area contributed by atoms with Gasteiger partial charge < -0.3 is 24.8 Å². The zero-order valence-corrected chi connectivity index (χ0v) is 32.3. The van der Waals surface area contributed by atoms with Gasteiger partial charge in [-0.15, -0.1) is 39.7 Å². The van der Waals surface area contributed by atoms with Gasteiger partial charge in [0.15, 0.2) is 0 Å². The SMILES string of the molecule is CC(C)(C)c1ccc2c(c1)[cH-]c1cc(C(C)(C)C)ccc12.CC1=[C-]C(C)C=C1C(C)(C)C.C[C](=[Zr+2])c1ccccc1.[Cl-].[Cl-]. The summed E-state index contributed by atoms with van der Waals surface area (Å²) >= 11 is 1.51. The second kappa shape index (κ2) is 15.6. The topological polar surface area (TPSA) is 0 Å². The Morgan fingerprint density at radius 3 is 1.42 bits per heavy atom. The molecule has 1 unspecified atom stereocenters. The van der Waals surface area contributed by atoms with E-state index < -0.39 is 0 Å². The first-order chi connectivity index (χ1) is 18.9. The Hall–Kier alpha value is -1.66. The first-order valence-corrected chi connectivity index (χ1v) is 16.2. The number of fused-ring (bicyclic) bond motifs is 3. The molecule has 1 aliphatic rings. The number of hydrogen-bond acceptors (Lipinski definition) is 0. The number of hydrogen-bond donors (Lipinski definition) is 0. The second-order valence-electron chi connectivity index (χ2n) is 14.6. The van der Waals surface area contributed by atoms with Gasteiger partial charge in [-0.1, -0.05) is 123 Å². The van der Waals surface area contributed by atoms with E-state index in [1.165, 1.54) is 76.8 Å². The first kappa shape index (κ1) is 39.4. The average molecular weight is 693 g/mol. The van der Waals surface area contributed by atoms with E-state index >= 15 is 0 Å². The molecule has 0 saturated heterocycles. The molecule has 230 valence electrons. The monoisotopic (exact) mass is 690 g/mol. The third kappa shape index (κ3) is 10.7. The van der Waals surface area contributed by atoms with Crippen LogP contribution < -0.4 is 24.8 Å². The normalized spacial score (nSPS) is 14.8. The maximum Gasteiger partial charge on any atom is -1.00 e. The summed E-state index contributed by atoms with van der Waals surface area (Å²) in [5, 5.41) is 5.48. The van der Waals surface area contributed by atoms with Crippen LogP contribution in [0.25, 0.3) is 21.5 Å². The van der Waals surface area contributed by atoms with E-state index in [0.29, 0.717) is 11.3 Å².